The van der Waals surface area contributed by atoms with Crippen molar-refractivity contribution < 1.29 is 18.8 Å². The number of fused-ring (bicyclic) bond motifs is 1. The van der Waals surface area contributed by atoms with E-state index in [1.54, 1.807) is 17.0 Å². The molecule has 3 atom stereocenters. The van der Waals surface area contributed by atoms with Gasteiger partial charge in [0, 0.05) is 43.2 Å². The molecule has 5 rings (SSSR count). The Bertz CT molecular complexity index is 1240. The van der Waals surface area contributed by atoms with Crippen LogP contribution in [0.5, 0.6) is 0 Å². The normalized spacial score (nSPS) is 23.5. The van der Waals surface area contributed by atoms with Gasteiger partial charge in [-0.2, -0.15) is 0 Å². The van der Waals surface area contributed by atoms with Crippen LogP contribution in [0.3, 0.4) is 0 Å². The Morgan fingerprint density at radius 2 is 1.79 bits per heavy atom. The molecule has 3 aliphatic rings. The second-order valence-corrected chi connectivity index (χ2v) is 11.8. The molecule has 0 spiro atoms. The van der Waals surface area contributed by atoms with Crippen molar-refractivity contribution in [2.24, 2.45) is 5.92 Å². The van der Waals surface area contributed by atoms with Gasteiger partial charge in [0.2, 0.25) is 17.7 Å². The van der Waals surface area contributed by atoms with Crippen LogP contribution in [0.1, 0.15) is 57.1 Å². The number of para-hydroxylation sites is 1. The third-order valence-electron chi connectivity index (χ3n) is 8.89. The van der Waals surface area contributed by atoms with E-state index < -0.39 is 11.5 Å². The van der Waals surface area contributed by atoms with Crippen molar-refractivity contribution in [3.8, 4) is 0 Å². The number of carbonyl (C=O) groups is 3. The van der Waals surface area contributed by atoms with Gasteiger partial charge in [-0.25, -0.2) is 4.39 Å². The SMILES string of the molecule is CN[C@@H]1CC[C@H](C(=O)N[C@@H](Cc2cccc(F)c2)C(=O)N2CCC(N3C(=O)C(C)(C)c4ccccc43)CC2)C1. The van der Waals surface area contributed by atoms with Crippen molar-refractivity contribution in [3.63, 3.8) is 0 Å². The van der Waals surface area contributed by atoms with Crippen LogP contribution >= 0.6 is 0 Å². The van der Waals surface area contributed by atoms with Gasteiger partial charge in [-0.15, -0.1) is 0 Å². The molecule has 2 aliphatic heterocycles. The monoisotopic (exact) mass is 534 g/mol. The molecule has 0 aromatic heterocycles. The van der Waals surface area contributed by atoms with Crippen LogP contribution in [0.2, 0.25) is 0 Å². The summed E-state index contributed by atoms with van der Waals surface area (Å²) < 4.78 is 13.9. The summed E-state index contributed by atoms with van der Waals surface area (Å²) in [4.78, 5) is 44.1. The summed E-state index contributed by atoms with van der Waals surface area (Å²) in [6.07, 6.45) is 4.02. The number of halogens is 1. The highest BCUT2D eigenvalue weighted by Crippen LogP contribution is 2.43. The van der Waals surface area contributed by atoms with Crippen molar-refractivity contribution in [1.29, 1.82) is 0 Å². The minimum Gasteiger partial charge on any atom is -0.344 e. The lowest BCUT2D eigenvalue weighted by molar-refractivity contribution is -0.138. The number of carbonyl (C=O) groups excluding carboxylic acids is 3. The summed E-state index contributed by atoms with van der Waals surface area (Å²) in [6, 6.07) is 13.7. The van der Waals surface area contributed by atoms with E-state index in [0.29, 0.717) is 37.5 Å². The van der Waals surface area contributed by atoms with Gasteiger partial charge >= 0.3 is 0 Å². The predicted molar refractivity (Wildman–Crippen MR) is 149 cm³/mol. The number of rotatable bonds is 7. The fraction of sp³-hybridized carbons (Fsp3) is 0.516. The van der Waals surface area contributed by atoms with E-state index in [-0.39, 0.29) is 41.9 Å². The molecule has 2 fully saturated rings. The first kappa shape index (κ1) is 27.3. The standard InChI is InChI=1S/C31H39FN4O3/c1-31(2)25-9-4-5-10-27(25)36(30(31)39)24-13-15-35(16-14-24)29(38)26(18-20-7-6-8-22(32)17-20)34-28(37)21-11-12-23(19-21)33-3/h4-10,17,21,23-24,26,33H,11-16,18-19H2,1-3H3,(H,34,37)/t21-,23+,26-/m0/s1. The van der Waals surface area contributed by atoms with E-state index in [9.17, 15) is 18.8 Å². The highest BCUT2D eigenvalue weighted by atomic mass is 19.1. The topological polar surface area (TPSA) is 81.8 Å². The lowest BCUT2D eigenvalue weighted by Gasteiger charge is -2.39. The molecule has 2 aromatic carbocycles. The number of piperidine rings is 1. The van der Waals surface area contributed by atoms with Crippen molar-refractivity contribution >= 4 is 23.4 Å². The molecule has 2 heterocycles. The number of anilines is 1. The maximum atomic E-state index is 13.9. The van der Waals surface area contributed by atoms with Gasteiger partial charge in [0.25, 0.3) is 0 Å². The molecule has 2 N–H and O–H groups in total. The molecular weight excluding hydrogens is 495 g/mol. The Balaban J connectivity index is 1.28. The van der Waals surface area contributed by atoms with E-state index in [0.717, 1.165) is 30.5 Å². The lowest BCUT2D eigenvalue weighted by Crippen LogP contribution is -2.55. The zero-order valence-corrected chi connectivity index (χ0v) is 23.1. The van der Waals surface area contributed by atoms with E-state index >= 15 is 0 Å². The first-order chi connectivity index (χ1) is 18.7. The van der Waals surface area contributed by atoms with Gasteiger partial charge in [-0.3, -0.25) is 14.4 Å². The molecular formula is C31H39FN4O3. The predicted octanol–water partition coefficient (Wildman–Crippen LogP) is 3.56. The minimum atomic E-state index is -0.766. The molecule has 2 aromatic rings. The van der Waals surface area contributed by atoms with Gasteiger partial charge in [-0.05, 0) is 82.3 Å². The molecule has 1 saturated carbocycles. The molecule has 0 bridgehead atoms. The third-order valence-corrected chi connectivity index (χ3v) is 8.89. The van der Waals surface area contributed by atoms with Crippen LogP contribution in [-0.2, 0) is 26.2 Å². The van der Waals surface area contributed by atoms with E-state index in [2.05, 4.69) is 10.6 Å². The van der Waals surface area contributed by atoms with Crippen LogP contribution in [0, 0.1) is 11.7 Å². The van der Waals surface area contributed by atoms with Crippen LogP contribution in [-0.4, -0.2) is 60.9 Å². The Kier molecular flexibility index (Phi) is 7.76. The smallest absolute Gasteiger partial charge is 0.245 e. The second kappa shape index (κ2) is 11.1. The molecule has 1 aliphatic carbocycles. The highest BCUT2D eigenvalue weighted by molar-refractivity contribution is 6.08. The maximum Gasteiger partial charge on any atom is 0.245 e. The third kappa shape index (κ3) is 5.44. The van der Waals surface area contributed by atoms with E-state index in [1.807, 2.05) is 50.1 Å². The summed E-state index contributed by atoms with van der Waals surface area (Å²) in [6.45, 7) is 4.93. The van der Waals surface area contributed by atoms with Gasteiger partial charge in [0.05, 0.1) is 5.41 Å². The van der Waals surface area contributed by atoms with Crippen LogP contribution in [0.4, 0.5) is 10.1 Å². The molecule has 39 heavy (non-hydrogen) atoms. The van der Waals surface area contributed by atoms with Crippen LogP contribution in [0.15, 0.2) is 48.5 Å². The largest absolute Gasteiger partial charge is 0.344 e. The number of hydrogen-bond donors (Lipinski definition) is 2. The molecule has 7 nitrogen and oxygen atoms in total. The maximum absolute atomic E-state index is 13.9. The number of hydrogen-bond acceptors (Lipinski definition) is 4. The van der Waals surface area contributed by atoms with Crippen molar-refractivity contribution in [2.75, 3.05) is 25.0 Å². The molecule has 3 amide bonds. The number of nitrogens with one attached hydrogen (secondary N) is 2. The first-order valence-corrected chi connectivity index (χ1v) is 14.1. The fourth-order valence-electron chi connectivity index (χ4n) is 6.54. The highest BCUT2D eigenvalue weighted by Gasteiger charge is 2.47. The number of likely N-dealkylation sites (tertiary alicyclic amines) is 1. The Hall–Kier alpha value is -3.26. The van der Waals surface area contributed by atoms with E-state index in [1.165, 1.54) is 12.1 Å². The average molecular weight is 535 g/mol. The summed E-state index contributed by atoms with van der Waals surface area (Å²) >= 11 is 0. The fourth-order valence-corrected chi connectivity index (χ4v) is 6.54. The van der Waals surface area contributed by atoms with Gasteiger partial charge in [0.1, 0.15) is 11.9 Å². The Labute approximate surface area is 230 Å². The van der Waals surface area contributed by atoms with Crippen LogP contribution < -0.4 is 15.5 Å². The molecule has 0 radical (unpaired) electrons. The summed E-state index contributed by atoms with van der Waals surface area (Å²) in [5.41, 5.74) is 2.10. The molecule has 8 heteroatoms. The van der Waals surface area contributed by atoms with Crippen molar-refractivity contribution in [1.82, 2.24) is 15.5 Å². The van der Waals surface area contributed by atoms with Gasteiger partial charge in [-0.1, -0.05) is 30.3 Å². The van der Waals surface area contributed by atoms with Gasteiger partial charge < -0.3 is 20.4 Å². The summed E-state index contributed by atoms with van der Waals surface area (Å²) in [5.74, 6) is -0.666. The molecule has 208 valence electrons. The number of amides is 3. The molecule has 1 saturated heterocycles. The minimum absolute atomic E-state index is 0.0118. The van der Waals surface area contributed by atoms with E-state index in [4.69, 9.17) is 0 Å². The Morgan fingerprint density at radius 1 is 1.05 bits per heavy atom. The first-order valence-electron chi connectivity index (χ1n) is 14.1. The van der Waals surface area contributed by atoms with Crippen LogP contribution in [0.25, 0.3) is 0 Å². The zero-order chi connectivity index (χ0) is 27.7. The molecule has 0 unspecified atom stereocenters. The number of nitrogens with zero attached hydrogens (tertiary/aromatic N) is 2. The summed E-state index contributed by atoms with van der Waals surface area (Å²) in [7, 11) is 1.90. The average Bonchev–Trinajstić information content (AvgIpc) is 3.49. The number of benzene rings is 2. The second-order valence-electron chi connectivity index (χ2n) is 11.8. The zero-order valence-electron chi connectivity index (χ0n) is 23.1. The quantitative estimate of drug-likeness (QED) is 0.569. The Morgan fingerprint density at radius 3 is 2.49 bits per heavy atom. The lowest BCUT2D eigenvalue weighted by atomic mass is 9.86. The van der Waals surface area contributed by atoms with Crippen molar-refractivity contribution in [2.45, 2.75) is 75.9 Å². The van der Waals surface area contributed by atoms with Crippen molar-refractivity contribution in [3.05, 3.63) is 65.5 Å². The van der Waals surface area contributed by atoms with Gasteiger partial charge in [0.15, 0.2) is 0 Å². The summed E-state index contributed by atoms with van der Waals surface area (Å²) in [5, 5.41) is 6.26.